The van der Waals surface area contributed by atoms with Crippen molar-refractivity contribution in [2.75, 3.05) is 4.90 Å². The largest absolute Gasteiger partial charge is 0.310 e. The van der Waals surface area contributed by atoms with Gasteiger partial charge in [-0.2, -0.15) is 0 Å². The van der Waals surface area contributed by atoms with E-state index in [1.807, 2.05) is 0 Å². The molecule has 9 aromatic rings. The quantitative estimate of drug-likeness (QED) is 0.166. The van der Waals surface area contributed by atoms with Crippen LogP contribution in [0.1, 0.15) is 49.9 Å². The SMILES string of the molecule is CC1(C)c2ccccc2-c2c1c1cccc3c1n2-c1cc(N(c2ccccc2)c2ccccc2)cc2c1B3c1cccc3c4c(n-2c13)-c1ccccc1C4(C)C. The lowest BCUT2D eigenvalue weighted by atomic mass is 9.34. The minimum atomic E-state index is -0.143. The molecule has 0 atom stereocenters. The maximum atomic E-state index is 2.67. The summed E-state index contributed by atoms with van der Waals surface area (Å²) in [7, 11) is 0. The fraction of sp³-hybridized carbons (Fsp3) is 0.115. The minimum Gasteiger partial charge on any atom is -0.310 e. The maximum Gasteiger partial charge on any atom is 0.252 e. The number of hydrogen-bond donors (Lipinski definition) is 0. The number of para-hydroxylation sites is 4. The van der Waals surface area contributed by atoms with Crippen LogP contribution in [0.5, 0.6) is 0 Å². The highest BCUT2D eigenvalue weighted by Crippen LogP contribution is 2.57. The Hall–Kier alpha value is -6.52. The van der Waals surface area contributed by atoms with E-state index < -0.39 is 0 Å². The Morgan fingerprint density at radius 2 is 0.875 bits per heavy atom. The summed E-state index contributed by atoms with van der Waals surface area (Å²) in [4.78, 5) is 2.45. The van der Waals surface area contributed by atoms with Gasteiger partial charge in [-0.05, 0) is 75.0 Å². The fourth-order valence-electron chi connectivity index (χ4n) is 11.7. The summed E-state index contributed by atoms with van der Waals surface area (Å²) in [5.74, 6) is 0. The molecule has 56 heavy (non-hydrogen) atoms. The Labute approximate surface area is 327 Å². The van der Waals surface area contributed by atoms with Crippen LogP contribution in [0, 0.1) is 0 Å². The van der Waals surface area contributed by atoms with Crippen LogP contribution in [0.2, 0.25) is 0 Å². The Morgan fingerprint density at radius 3 is 1.34 bits per heavy atom. The Morgan fingerprint density at radius 1 is 0.446 bits per heavy atom. The van der Waals surface area contributed by atoms with Crippen molar-refractivity contribution in [2.24, 2.45) is 0 Å². The molecule has 2 aliphatic heterocycles. The zero-order valence-corrected chi connectivity index (χ0v) is 31.9. The normalized spacial score (nSPS) is 15.4. The molecule has 0 spiro atoms. The van der Waals surface area contributed by atoms with Crippen LogP contribution in [0.4, 0.5) is 17.1 Å². The number of fused-ring (bicyclic) bond motifs is 14. The Bertz CT molecular complexity index is 2990. The third-order valence-corrected chi connectivity index (χ3v) is 13.8. The van der Waals surface area contributed by atoms with E-state index in [0.29, 0.717) is 0 Å². The topological polar surface area (TPSA) is 13.1 Å². The monoisotopic (exact) mass is 715 g/mol. The third-order valence-electron chi connectivity index (χ3n) is 13.8. The number of anilines is 3. The first-order valence-electron chi connectivity index (χ1n) is 20.0. The first-order valence-corrected chi connectivity index (χ1v) is 20.0. The molecular weight excluding hydrogens is 677 g/mol. The van der Waals surface area contributed by atoms with Gasteiger partial charge in [0.25, 0.3) is 6.71 Å². The molecule has 0 saturated heterocycles. The highest BCUT2D eigenvalue weighted by atomic mass is 15.2. The molecule has 0 saturated carbocycles. The second kappa shape index (κ2) is 10.2. The van der Waals surface area contributed by atoms with E-state index in [9.17, 15) is 0 Å². The van der Waals surface area contributed by atoms with E-state index >= 15 is 0 Å². The molecule has 4 heteroatoms. The van der Waals surface area contributed by atoms with E-state index in [1.165, 1.54) is 94.3 Å². The van der Waals surface area contributed by atoms with Crippen LogP contribution < -0.4 is 21.3 Å². The fourth-order valence-corrected chi connectivity index (χ4v) is 11.7. The average Bonchev–Trinajstić information content (AvgIpc) is 3.91. The van der Waals surface area contributed by atoms with Crippen LogP contribution in [-0.2, 0) is 10.8 Å². The van der Waals surface area contributed by atoms with Gasteiger partial charge in [-0.1, -0.05) is 149 Å². The van der Waals surface area contributed by atoms with Crippen LogP contribution in [0.25, 0.3) is 55.7 Å². The zero-order valence-electron chi connectivity index (χ0n) is 31.9. The second-order valence-corrected chi connectivity index (χ2v) is 17.3. The van der Waals surface area contributed by atoms with Gasteiger partial charge in [-0.15, -0.1) is 0 Å². The molecule has 0 amide bonds. The molecule has 0 bridgehead atoms. The predicted octanol–water partition coefficient (Wildman–Crippen LogP) is 10.8. The van der Waals surface area contributed by atoms with Crippen LogP contribution in [0.15, 0.2) is 158 Å². The zero-order chi connectivity index (χ0) is 37.2. The number of aromatic nitrogens is 2. The lowest BCUT2D eigenvalue weighted by Gasteiger charge is -2.36. The third kappa shape index (κ3) is 3.49. The standard InChI is InChI=1S/C52H38BN3/c1-51(2)38-25-13-11-21-34(38)49-44(51)36-23-15-27-40-47(36)55(49)42-29-33(54(31-17-7-5-8-18-31)32-19-9-6-10-20-32)30-43-46(42)53(40)41-28-16-24-37-45-50(56(43)48(37)41)35-22-12-14-26-39(35)52(45,3)4/h5-30H,1-4H3. The molecule has 4 aliphatic rings. The summed E-state index contributed by atoms with van der Waals surface area (Å²) in [6, 6.07) is 59.3. The van der Waals surface area contributed by atoms with Crippen molar-refractivity contribution in [1.29, 1.82) is 0 Å². The van der Waals surface area contributed by atoms with Gasteiger partial charge < -0.3 is 14.0 Å². The number of hydrogen-bond acceptors (Lipinski definition) is 1. The first-order chi connectivity index (χ1) is 27.4. The number of benzene rings is 7. The van der Waals surface area contributed by atoms with Gasteiger partial charge in [0, 0.05) is 66.5 Å². The maximum absolute atomic E-state index is 2.67. The van der Waals surface area contributed by atoms with Crippen molar-refractivity contribution in [2.45, 2.75) is 38.5 Å². The second-order valence-electron chi connectivity index (χ2n) is 17.3. The summed E-state index contributed by atoms with van der Waals surface area (Å²) in [5, 5.41) is 2.73. The molecule has 264 valence electrons. The van der Waals surface area contributed by atoms with Crippen molar-refractivity contribution in [3.05, 3.63) is 180 Å². The van der Waals surface area contributed by atoms with E-state index in [1.54, 1.807) is 0 Å². The van der Waals surface area contributed by atoms with Gasteiger partial charge in [0.2, 0.25) is 0 Å². The smallest absolute Gasteiger partial charge is 0.252 e. The van der Waals surface area contributed by atoms with Gasteiger partial charge in [0.05, 0.1) is 17.1 Å². The molecule has 0 unspecified atom stereocenters. The highest BCUT2D eigenvalue weighted by molar-refractivity contribution is 7.00. The molecule has 0 N–H and O–H groups in total. The van der Waals surface area contributed by atoms with Crippen molar-refractivity contribution in [3.8, 4) is 33.9 Å². The average molecular weight is 716 g/mol. The van der Waals surface area contributed by atoms with Gasteiger partial charge in [0.1, 0.15) is 0 Å². The number of nitrogens with zero attached hydrogens (tertiary/aromatic N) is 3. The molecule has 7 aromatic carbocycles. The summed E-state index contributed by atoms with van der Waals surface area (Å²) in [6.45, 7) is 9.78. The van der Waals surface area contributed by atoms with Crippen LogP contribution >= 0.6 is 0 Å². The van der Waals surface area contributed by atoms with E-state index in [4.69, 9.17) is 0 Å². The molecule has 4 heterocycles. The van der Waals surface area contributed by atoms with E-state index in [0.717, 1.165) is 17.1 Å². The summed E-state index contributed by atoms with van der Waals surface area (Å²) in [6.07, 6.45) is 0. The van der Waals surface area contributed by atoms with Gasteiger partial charge in [-0.25, -0.2) is 0 Å². The van der Waals surface area contributed by atoms with Crippen molar-refractivity contribution in [3.63, 3.8) is 0 Å². The lowest BCUT2D eigenvalue weighted by molar-refractivity contribution is 0.666. The summed E-state index contributed by atoms with van der Waals surface area (Å²) in [5.41, 5.74) is 23.6. The molecule has 2 aromatic heterocycles. The minimum absolute atomic E-state index is 0.0881. The molecular formula is C52H38BN3. The summed E-state index contributed by atoms with van der Waals surface area (Å²) >= 11 is 0. The van der Waals surface area contributed by atoms with Crippen molar-refractivity contribution in [1.82, 2.24) is 9.13 Å². The Balaban J connectivity index is 1.25. The van der Waals surface area contributed by atoms with Crippen molar-refractivity contribution >= 4 is 62.0 Å². The lowest BCUT2D eigenvalue weighted by Crippen LogP contribution is -2.59. The van der Waals surface area contributed by atoms with Crippen molar-refractivity contribution < 1.29 is 0 Å². The van der Waals surface area contributed by atoms with Crippen LogP contribution in [0.3, 0.4) is 0 Å². The highest BCUT2D eigenvalue weighted by Gasteiger charge is 2.49. The van der Waals surface area contributed by atoms with E-state index in [-0.39, 0.29) is 17.5 Å². The summed E-state index contributed by atoms with van der Waals surface area (Å²) < 4.78 is 5.35. The molecule has 13 rings (SSSR count). The van der Waals surface area contributed by atoms with E-state index in [2.05, 4.69) is 199 Å². The molecule has 3 nitrogen and oxygen atoms in total. The van der Waals surface area contributed by atoms with Gasteiger partial charge >= 0.3 is 0 Å². The van der Waals surface area contributed by atoms with Crippen LogP contribution in [-0.4, -0.2) is 15.8 Å². The molecule has 0 radical (unpaired) electrons. The predicted molar refractivity (Wildman–Crippen MR) is 235 cm³/mol. The van der Waals surface area contributed by atoms with Gasteiger partial charge in [0.15, 0.2) is 0 Å². The molecule has 2 aliphatic carbocycles. The molecule has 0 fully saturated rings. The number of rotatable bonds is 3. The Kier molecular flexibility index (Phi) is 5.61. The first kappa shape index (κ1) is 30.8. The van der Waals surface area contributed by atoms with Gasteiger partial charge in [-0.3, -0.25) is 0 Å².